The lowest BCUT2D eigenvalue weighted by Gasteiger charge is -2.12. The highest BCUT2D eigenvalue weighted by molar-refractivity contribution is 7.99. The first-order valence-electron chi connectivity index (χ1n) is 9.92. The van der Waals surface area contributed by atoms with Crippen LogP contribution in [0.2, 0.25) is 0 Å². The molecule has 0 saturated heterocycles. The Balaban J connectivity index is 1.68. The highest BCUT2D eigenvalue weighted by Crippen LogP contribution is 2.29. The lowest BCUT2D eigenvalue weighted by Crippen LogP contribution is -2.22. The van der Waals surface area contributed by atoms with Crippen molar-refractivity contribution in [3.63, 3.8) is 0 Å². The molecule has 0 atom stereocenters. The van der Waals surface area contributed by atoms with Gasteiger partial charge in [-0.1, -0.05) is 36.0 Å². The number of thiophene rings is 1. The molecular weight excluding hydrogens is 426 g/mol. The van der Waals surface area contributed by atoms with E-state index in [2.05, 4.69) is 11.4 Å². The molecule has 0 aliphatic carbocycles. The fourth-order valence-corrected chi connectivity index (χ4v) is 5.43. The molecular formula is C24H23N3O2S2. The Labute approximate surface area is 189 Å². The Morgan fingerprint density at radius 1 is 1.06 bits per heavy atom. The van der Waals surface area contributed by atoms with Gasteiger partial charge in [-0.05, 0) is 68.7 Å². The van der Waals surface area contributed by atoms with Crippen LogP contribution in [-0.4, -0.2) is 21.2 Å². The number of anilines is 1. The molecule has 5 nitrogen and oxygen atoms in total. The number of thioether (sulfide) groups is 1. The summed E-state index contributed by atoms with van der Waals surface area (Å²) in [5.74, 6) is 0.0173. The van der Waals surface area contributed by atoms with E-state index in [0.29, 0.717) is 15.4 Å². The Bertz CT molecular complexity index is 1320. The molecule has 2 aromatic heterocycles. The average molecular weight is 450 g/mol. The number of carbonyl (C=O) groups is 1. The third kappa shape index (κ3) is 4.43. The van der Waals surface area contributed by atoms with E-state index >= 15 is 0 Å². The highest BCUT2D eigenvalue weighted by atomic mass is 32.2. The molecule has 0 bridgehead atoms. The third-order valence-electron chi connectivity index (χ3n) is 5.02. The zero-order chi connectivity index (χ0) is 22.1. The first kappa shape index (κ1) is 21.3. The van der Waals surface area contributed by atoms with Gasteiger partial charge in [0.1, 0.15) is 4.83 Å². The summed E-state index contributed by atoms with van der Waals surface area (Å²) in [7, 11) is 0. The van der Waals surface area contributed by atoms with Crippen LogP contribution in [0.15, 0.2) is 58.5 Å². The van der Waals surface area contributed by atoms with Gasteiger partial charge in [0.05, 0.1) is 16.8 Å². The highest BCUT2D eigenvalue weighted by Gasteiger charge is 2.18. The van der Waals surface area contributed by atoms with Gasteiger partial charge < -0.3 is 5.32 Å². The summed E-state index contributed by atoms with van der Waals surface area (Å²) in [6.45, 7) is 7.95. The van der Waals surface area contributed by atoms with Crippen molar-refractivity contribution in [2.24, 2.45) is 0 Å². The molecule has 158 valence electrons. The maximum atomic E-state index is 13.4. The maximum Gasteiger partial charge on any atom is 0.267 e. The first-order valence-corrected chi connectivity index (χ1v) is 11.7. The normalized spacial score (nSPS) is 11.1. The van der Waals surface area contributed by atoms with Crippen LogP contribution >= 0.6 is 23.1 Å². The van der Waals surface area contributed by atoms with Crippen molar-refractivity contribution in [1.29, 1.82) is 0 Å². The third-order valence-corrected chi connectivity index (χ3v) is 7.06. The summed E-state index contributed by atoms with van der Waals surface area (Å²) in [5.41, 5.74) is 4.56. The van der Waals surface area contributed by atoms with Crippen LogP contribution in [0.25, 0.3) is 15.9 Å². The Morgan fingerprint density at radius 3 is 2.42 bits per heavy atom. The first-order chi connectivity index (χ1) is 14.8. The summed E-state index contributed by atoms with van der Waals surface area (Å²) >= 11 is 2.78. The summed E-state index contributed by atoms with van der Waals surface area (Å²) in [6, 6.07) is 15.4. The number of aryl methyl sites for hydroxylation is 4. The smallest absolute Gasteiger partial charge is 0.267 e. The van der Waals surface area contributed by atoms with Crippen molar-refractivity contribution >= 4 is 44.9 Å². The second-order valence-electron chi connectivity index (χ2n) is 7.55. The van der Waals surface area contributed by atoms with Crippen LogP contribution in [0.1, 0.15) is 21.6 Å². The number of carbonyl (C=O) groups excluding carboxylic acids is 1. The van der Waals surface area contributed by atoms with E-state index in [4.69, 9.17) is 4.98 Å². The van der Waals surface area contributed by atoms with Crippen LogP contribution < -0.4 is 10.9 Å². The Kier molecular flexibility index (Phi) is 5.98. The van der Waals surface area contributed by atoms with Gasteiger partial charge in [-0.2, -0.15) is 0 Å². The second kappa shape index (κ2) is 8.69. The zero-order valence-electron chi connectivity index (χ0n) is 17.9. The SMILES string of the molecule is Cc1cc(C)cc(NC(=O)CSc2nc3sc(C)c(C)c3c(=O)n2-c2ccccc2)c1. The van der Waals surface area contributed by atoms with Crippen molar-refractivity contribution in [3.05, 3.63) is 80.5 Å². The largest absolute Gasteiger partial charge is 0.325 e. The molecule has 4 aromatic rings. The number of benzene rings is 2. The minimum absolute atomic E-state index is 0.102. The molecule has 2 aromatic carbocycles. The van der Waals surface area contributed by atoms with Gasteiger partial charge in [-0.3, -0.25) is 14.2 Å². The van der Waals surface area contributed by atoms with Gasteiger partial charge in [0.15, 0.2) is 5.16 Å². The number of nitrogens with zero attached hydrogens (tertiary/aromatic N) is 2. The van der Waals surface area contributed by atoms with Crippen LogP contribution in [0.5, 0.6) is 0 Å². The molecule has 4 rings (SSSR count). The molecule has 0 radical (unpaired) electrons. The predicted molar refractivity (Wildman–Crippen MR) is 130 cm³/mol. The summed E-state index contributed by atoms with van der Waals surface area (Å²) in [6.07, 6.45) is 0. The molecule has 0 unspecified atom stereocenters. The van der Waals surface area contributed by atoms with Crippen molar-refractivity contribution in [2.75, 3.05) is 11.1 Å². The summed E-state index contributed by atoms with van der Waals surface area (Å²) in [5, 5.41) is 4.11. The topological polar surface area (TPSA) is 64.0 Å². The maximum absolute atomic E-state index is 13.4. The standard InChI is InChI=1S/C24H23N3O2S2/c1-14-10-15(2)12-18(11-14)25-20(28)13-30-24-26-22-21(16(3)17(4)31-22)23(29)27(24)19-8-6-5-7-9-19/h5-12H,13H2,1-4H3,(H,25,28). The van der Waals surface area contributed by atoms with E-state index in [0.717, 1.165) is 32.9 Å². The summed E-state index contributed by atoms with van der Waals surface area (Å²) < 4.78 is 1.61. The minimum atomic E-state index is -0.137. The molecule has 1 amide bonds. The molecule has 0 spiro atoms. The molecule has 0 saturated carbocycles. The molecule has 7 heteroatoms. The van der Waals surface area contributed by atoms with Crippen molar-refractivity contribution in [1.82, 2.24) is 9.55 Å². The van der Waals surface area contributed by atoms with Gasteiger partial charge in [-0.25, -0.2) is 4.98 Å². The number of hydrogen-bond donors (Lipinski definition) is 1. The van der Waals surface area contributed by atoms with Crippen molar-refractivity contribution < 1.29 is 4.79 Å². The average Bonchev–Trinajstić information content (AvgIpc) is 3.00. The lowest BCUT2D eigenvalue weighted by molar-refractivity contribution is -0.113. The predicted octanol–water partition coefficient (Wildman–Crippen LogP) is 5.41. The number of fused-ring (bicyclic) bond motifs is 1. The quantitative estimate of drug-likeness (QED) is 0.327. The van der Waals surface area contributed by atoms with Gasteiger partial charge >= 0.3 is 0 Å². The van der Waals surface area contributed by atoms with Gasteiger partial charge in [0.2, 0.25) is 5.91 Å². The summed E-state index contributed by atoms with van der Waals surface area (Å²) in [4.78, 5) is 32.6. The van der Waals surface area contributed by atoms with Crippen LogP contribution in [0.4, 0.5) is 5.69 Å². The fraction of sp³-hybridized carbons (Fsp3) is 0.208. The van der Waals surface area contributed by atoms with Crippen molar-refractivity contribution in [3.8, 4) is 5.69 Å². The zero-order valence-corrected chi connectivity index (χ0v) is 19.5. The fourth-order valence-electron chi connectivity index (χ4n) is 3.55. The van der Waals surface area contributed by atoms with Crippen LogP contribution in [0, 0.1) is 27.7 Å². The Morgan fingerprint density at radius 2 is 1.74 bits per heavy atom. The molecule has 0 aliphatic heterocycles. The molecule has 0 aliphatic rings. The van der Waals surface area contributed by atoms with E-state index in [9.17, 15) is 9.59 Å². The van der Waals surface area contributed by atoms with Gasteiger partial charge in [0.25, 0.3) is 5.56 Å². The number of nitrogens with one attached hydrogen (secondary N) is 1. The Hall–Kier alpha value is -2.90. The molecule has 2 heterocycles. The van der Waals surface area contributed by atoms with E-state index in [-0.39, 0.29) is 17.2 Å². The van der Waals surface area contributed by atoms with E-state index in [1.54, 1.807) is 4.57 Å². The number of amides is 1. The lowest BCUT2D eigenvalue weighted by atomic mass is 10.1. The van der Waals surface area contributed by atoms with Crippen molar-refractivity contribution in [2.45, 2.75) is 32.9 Å². The van der Waals surface area contributed by atoms with Gasteiger partial charge in [-0.15, -0.1) is 11.3 Å². The molecule has 1 N–H and O–H groups in total. The van der Waals surface area contributed by atoms with Gasteiger partial charge in [0, 0.05) is 10.6 Å². The van der Waals surface area contributed by atoms with Crippen LogP contribution in [0.3, 0.4) is 0 Å². The van der Waals surface area contributed by atoms with E-state index in [1.807, 2.05) is 70.2 Å². The van der Waals surface area contributed by atoms with E-state index in [1.165, 1.54) is 23.1 Å². The molecule has 0 fully saturated rings. The van der Waals surface area contributed by atoms with E-state index < -0.39 is 0 Å². The second-order valence-corrected chi connectivity index (χ2v) is 9.69. The monoisotopic (exact) mass is 449 g/mol. The number of hydrogen-bond acceptors (Lipinski definition) is 5. The van der Waals surface area contributed by atoms with Crippen LogP contribution in [-0.2, 0) is 4.79 Å². The minimum Gasteiger partial charge on any atom is -0.325 e. The molecule has 31 heavy (non-hydrogen) atoms. The number of rotatable bonds is 5. The number of aromatic nitrogens is 2. The number of para-hydroxylation sites is 1.